The van der Waals surface area contributed by atoms with Gasteiger partial charge in [0, 0.05) is 24.4 Å². The quantitative estimate of drug-likeness (QED) is 0.768. The summed E-state index contributed by atoms with van der Waals surface area (Å²) in [5.74, 6) is 0.811. The zero-order valence-electron chi connectivity index (χ0n) is 14.7. The number of pyridine rings is 1. The van der Waals surface area contributed by atoms with Crippen molar-refractivity contribution in [1.29, 1.82) is 0 Å². The number of fused-ring (bicyclic) bond motifs is 1. The maximum atomic E-state index is 12.3. The van der Waals surface area contributed by atoms with E-state index in [0.29, 0.717) is 11.4 Å². The fraction of sp³-hybridized carbons (Fsp3) is 0.250. The Balaban J connectivity index is 1.41. The Morgan fingerprint density at radius 2 is 2.19 bits per heavy atom. The maximum Gasteiger partial charge on any atom is 0.263 e. The molecule has 1 N–H and O–H groups in total. The van der Waals surface area contributed by atoms with E-state index < -0.39 is 0 Å². The largest absolute Gasteiger partial charge is 0.488 e. The molecule has 0 aliphatic carbocycles. The van der Waals surface area contributed by atoms with Crippen molar-refractivity contribution in [2.75, 3.05) is 6.54 Å². The standard InChI is InChI=1S/C20H19N3O2S/c1-12-19(26-13(2)23-12)20(24)22-11-17-9-16-8-14(5-6-18(16)25-17)15-4-3-7-21-10-15/h3-8,10,17H,9,11H2,1-2H3,(H,22,24)/t17-/m0/s1. The highest BCUT2D eigenvalue weighted by atomic mass is 32.1. The molecule has 2 aromatic heterocycles. The Kier molecular flexibility index (Phi) is 4.42. The molecule has 0 bridgehead atoms. The van der Waals surface area contributed by atoms with Crippen molar-refractivity contribution in [1.82, 2.24) is 15.3 Å². The molecule has 4 rings (SSSR count). The summed E-state index contributed by atoms with van der Waals surface area (Å²) in [4.78, 5) is 21.5. The number of aryl methyl sites for hydroxylation is 2. The van der Waals surface area contributed by atoms with E-state index in [1.54, 1.807) is 6.20 Å². The molecule has 26 heavy (non-hydrogen) atoms. The summed E-state index contributed by atoms with van der Waals surface area (Å²) in [6.45, 7) is 4.25. The minimum Gasteiger partial charge on any atom is -0.488 e. The third kappa shape index (κ3) is 3.32. The van der Waals surface area contributed by atoms with E-state index in [1.165, 1.54) is 11.3 Å². The van der Waals surface area contributed by atoms with Crippen molar-refractivity contribution in [2.24, 2.45) is 0 Å². The number of thiazole rings is 1. The van der Waals surface area contributed by atoms with Crippen LogP contribution in [-0.4, -0.2) is 28.5 Å². The predicted molar refractivity (Wildman–Crippen MR) is 102 cm³/mol. The number of hydrogen-bond acceptors (Lipinski definition) is 5. The molecule has 132 valence electrons. The summed E-state index contributed by atoms with van der Waals surface area (Å²) >= 11 is 1.42. The summed E-state index contributed by atoms with van der Waals surface area (Å²) in [6.07, 6.45) is 4.36. The number of aromatic nitrogens is 2. The van der Waals surface area contributed by atoms with Crippen LogP contribution in [0.3, 0.4) is 0 Å². The fourth-order valence-corrected chi connectivity index (χ4v) is 4.01. The second-order valence-electron chi connectivity index (χ2n) is 6.37. The number of amides is 1. The number of hydrogen-bond donors (Lipinski definition) is 1. The maximum absolute atomic E-state index is 12.3. The molecule has 6 heteroatoms. The first kappa shape index (κ1) is 16.7. The highest BCUT2D eigenvalue weighted by Crippen LogP contribution is 2.32. The number of rotatable bonds is 4. The molecule has 1 aromatic carbocycles. The van der Waals surface area contributed by atoms with E-state index in [-0.39, 0.29) is 12.0 Å². The Bertz CT molecular complexity index is 953. The average Bonchev–Trinajstić information content (AvgIpc) is 3.21. The lowest BCUT2D eigenvalue weighted by Gasteiger charge is -2.11. The number of nitrogens with zero attached hydrogens (tertiary/aromatic N) is 2. The van der Waals surface area contributed by atoms with Crippen LogP contribution in [0, 0.1) is 13.8 Å². The lowest BCUT2D eigenvalue weighted by atomic mass is 10.0. The first-order valence-corrected chi connectivity index (χ1v) is 9.34. The minimum absolute atomic E-state index is 0.0487. The number of carbonyl (C=O) groups is 1. The predicted octanol–water partition coefficient (Wildman–Crippen LogP) is 3.56. The monoisotopic (exact) mass is 365 g/mol. The Labute approximate surface area is 156 Å². The van der Waals surface area contributed by atoms with Gasteiger partial charge in [-0.2, -0.15) is 0 Å². The lowest BCUT2D eigenvalue weighted by molar-refractivity contribution is 0.0937. The van der Waals surface area contributed by atoms with Crippen molar-refractivity contribution in [2.45, 2.75) is 26.4 Å². The first-order valence-electron chi connectivity index (χ1n) is 8.52. The average molecular weight is 365 g/mol. The van der Waals surface area contributed by atoms with Crippen molar-refractivity contribution < 1.29 is 9.53 Å². The van der Waals surface area contributed by atoms with Gasteiger partial charge >= 0.3 is 0 Å². The van der Waals surface area contributed by atoms with Crippen LogP contribution in [0.5, 0.6) is 5.75 Å². The van der Waals surface area contributed by atoms with Gasteiger partial charge in [-0.3, -0.25) is 9.78 Å². The molecule has 1 aliphatic rings. The van der Waals surface area contributed by atoms with Gasteiger partial charge in [-0.05, 0) is 43.2 Å². The van der Waals surface area contributed by atoms with E-state index >= 15 is 0 Å². The molecule has 0 fully saturated rings. The fourth-order valence-electron chi connectivity index (χ4n) is 3.18. The van der Waals surface area contributed by atoms with Gasteiger partial charge in [0.2, 0.25) is 0 Å². The number of ether oxygens (including phenoxy) is 1. The van der Waals surface area contributed by atoms with Crippen LogP contribution in [0.4, 0.5) is 0 Å². The molecular formula is C20H19N3O2S. The van der Waals surface area contributed by atoms with Gasteiger partial charge in [0.25, 0.3) is 5.91 Å². The molecule has 0 saturated carbocycles. The Morgan fingerprint density at radius 1 is 1.31 bits per heavy atom. The third-order valence-electron chi connectivity index (χ3n) is 4.40. The number of carbonyl (C=O) groups excluding carboxylic acids is 1. The minimum atomic E-state index is -0.0799. The number of nitrogens with one attached hydrogen (secondary N) is 1. The molecule has 5 nitrogen and oxygen atoms in total. The second-order valence-corrected chi connectivity index (χ2v) is 7.57. The van der Waals surface area contributed by atoms with Crippen molar-refractivity contribution in [3.05, 3.63) is 63.9 Å². The molecule has 0 spiro atoms. The molecule has 0 saturated heterocycles. The Hall–Kier alpha value is -2.73. The van der Waals surface area contributed by atoms with Crippen molar-refractivity contribution in [3.8, 4) is 16.9 Å². The third-order valence-corrected chi connectivity index (χ3v) is 5.47. The van der Waals surface area contributed by atoms with Crippen LogP contribution in [-0.2, 0) is 6.42 Å². The molecule has 0 radical (unpaired) electrons. The van der Waals surface area contributed by atoms with Crippen LogP contribution < -0.4 is 10.1 Å². The highest BCUT2D eigenvalue weighted by Gasteiger charge is 2.24. The van der Waals surface area contributed by atoms with Gasteiger partial charge in [0.1, 0.15) is 16.7 Å². The van der Waals surface area contributed by atoms with Gasteiger partial charge in [0.15, 0.2) is 0 Å². The summed E-state index contributed by atoms with van der Waals surface area (Å²) in [5.41, 5.74) is 4.15. The molecule has 1 amide bonds. The van der Waals surface area contributed by atoms with E-state index in [1.807, 2.05) is 44.3 Å². The summed E-state index contributed by atoms with van der Waals surface area (Å²) in [6, 6.07) is 10.2. The molecule has 1 atom stereocenters. The van der Waals surface area contributed by atoms with Gasteiger partial charge in [-0.1, -0.05) is 12.1 Å². The van der Waals surface area contributed by atoms with Crippen LogP contribution in [0.25, 0.3) is 11.1 Å². The van der Waals surface area contributed by atoms with Crippen LogP contribution >= 0.6 is 11.3 Å². The topological polar surface area (TPSA) is 64.1 Å². The Morgan fingerprint density at radius 3 is 2.92 bits per heavy atom. The van der Waals surface area contributed by atoms with Crippen LogP contribution in [0.1, 0.15) is 25.9 Å². The summed E-state index contributed by atoms with van der Waals surface area (Å²) in [7, 11) is 0. The van der Waals surface area contributed by atoms with Gasteiger partial charge in [-0.15, -0.1) is 11.3 Å². The molecule has 1 aliphatic heterocycles. The summed E-state index contributed by atoms with van der Waals surface area (Å²) in [5, 5.41) is 3.88. The second kappa shape index (κ2) is 6.88. The molecule has 0 unspecified atom stereocenters. The SMILES string of the molecule is Cc1nc(C)c(C(=O)NC[C@@H]2Cc3cc(-c4cccnc4)ccc3O2)s1. The van der Waals surface area contributed by atoms with Gasteiger partial charge in [-0.25, -0.2) is 4.98 Å². The molecule has 3 heterocycles. The van der Waals surface area contributed by atoms with E-state index in [9.17, 15) is 4.79 Å². The zero-order chi connectivity index (χ0) is 18.1. The van der Waals surface area contributed by atoms with Gasteiger partial charge in [0.05, 0.1) is 17.2 Å². The van der Waals surface area contributed by atoms with E-state index in [2.05, 4.69) is 21.4 Å². The highest BCUT2D eigenvalue weighted by molar-refractivity contribution is 7.13. The lowest BCUT2D eigenvalue weighted by Crippen LogP contribution is -2.34. The molecular weight excluding hydrogens is 346 g/mol. The van der Waals surface area contributed by atoms with Crippen molar-refractivity contribution in [3.63, 3.8) is 0 Å². The van der Waals surface area contributed by atoms with Crippen molar-refractivity contribution >= 4 is 17.2 Å². The number of benzene rings is 1. The summed E-state index contributed by atoms with van der Waals surface area (Å²) < 4.78 is 5.98. The van der Waals surface area contributed by atoms with Crippen LogP contribution in [0.15, 0.2) is 42.7 Å². The normalized spacial score (nSPS) is 15.4. The van der Waals surface area contributed by atoms with E-state index in [4.69, 9.17) is 4.74 Å². The van der Waals surface area contributed by atoms with Crippen LogP contribution in [0.2, 0.25) is 0 Å². The van der Waals surface area contributed by atoms with E-state index in [0.717, 1.165) is 39.6 Å². The first-order chi connectivity index (χ1) is 12.6. The smallest absolute Gasteiger partial charge is 0.263 e. The van der Waals surface area contributed by atoms with Gasteiger partial charge < -0.3 is 10.1 Å². The zero-order valence-corrected chi connectivity index (χ0v) is 15.5. The molecule has 3 aromatic rings.